The van der Waals surface area contributed by atoms with Crippen molar-refractivity contribution in [1.82, 2.24) is 0 Å². The summed E-state index contributed by atoms with van der Waals surface area (Å²) in [7, 11) is 0. The van der Waals surface area contributed by atoms with Gasteiger partial charge in [-0.2, -0.15) is 0 Å². The topological polar surface area (TPSA) is 26.3 Å². The Kier molecular flexibility index (Phi) is 7.69. The van der Waals surface area contributed by atoms with Crippen molar-refractivity contribution in [2.75, 3.05) is 6.61 Å². The van der Waals surface area contributed by atoms with E-state index in [-0.39, 0.29) is 5.97 Å². The van der Waals surface area contributed by atoms with Gasteiger partial charge >= 0.3 is 5.97 Å². The maximum Gasteiger partial charge on any atom is 0.305 e. The first-order valence-corrected chi connectivity index (χ1v) is 5.53. The molecule has 0 aromatic rings. The van der Waals surface area contributed by atoms with E-state index in [1.54, 1.807) is 6.92 Å². The predicted octanol–water partition coefficient (Wildman–Crippen LogP) is 3.63. The zero-order chi connectivity index (χ0) is 11.7. The molecule has 2 nitrogen and oxygen atoms in total. The maximum absolute atomic E-state index is 10.9. The average molecular weight is 210 g/mol. The number of esters is 1. The molecule has 0 fully saturated rings. The number of ether oxygens (including phenoxy) is 1. The quantitative estimate of drug-likeness (QED) is 0.494. The molecule has 0 radical (unpaired) electrons. The summed E-state index contributed by atoms with van der Waals surface area (Å²) in [4.78, 5) is 10.9. The highest BCUT2D eigenvalue weighted by Gasteiger charge is 1.97. The minimum absolute atomic E-state index is 0.118. The molecule has 0 atom stereocenters. The van der Waals surface area contributed by atoms with Crippen molar-refractivity contribution in [1.29, 1.82) is 0 Å². The van der Waals surface area contributed by atoms with Gasteiger partial charge < -0.3 is 4.74 Å². The van der Waals surface area contributed by atoms with E-state index in [0.717, 1.165) is 12.8 Å². The van der Waals surface area contributed by atoms with Gasteiger partial charge in [-0.05, 0) is 27.2 Å². The van der Waals surface area contributed by atoms with Gasteiger partial charge in [-0.15, -0.1) is 0 Å². The van der Waals surface area contributed by atoms with Crippen LogP contribution in [0.3, 0.4) is 0 Å². The fourth-order valence-corrected chi connectivity index (χ4v) is 0.983. The Morgan fingerprint density at radius 2 is 1.93 bits per heavy atom. The van der Waals surface area contributed by atoms with Crippen LogP contribution in [-0.2, 0) is 9.53 Å². The van der Waals surface area contributed by atoms with Gasteiger partial charge in [0.05, 0.1) is 6.61 Å². The Morgan fingerprint density at radius 1 is 1.27 bits per heavy atom. The van der Waals surface area contributed by atoms with Crippen molar-refractivity contribution in [2.45, 2.75) is 47.0 Å². The molecule has 0 unspecified atom stereocenters. The number of rotatable bonds is 6. The third kappa shape index (κ3) is 7.98. The van der Waals surface area contributed by atoms with E-state index in [9.17, 15) is 4.79 Å². The van der Waals surface area contributed by atoms with Crippen LogP contribution in [0.25, 0.3) is 0 Å². The Labute approximate surface area is 93.0 Å². The zero-order valence-electron chi connectivity index (χ0n) is 10.3. The van der Waals surface area contributed by atoms with Crippen LogP contribution in [0.1, 0.15) is 47.0 Å². The van der Waals surface area contributed by atoms with E-state index >= 15 is 0 Å². The lowest BCUT2D eigenvalue weighted by atomic mass is 10.1. The minimum Gasteiger partial charge on any atom is -0.465 e. The lowest BCUT2D eigenvalue weighted by molar-refractivity contribution is -0.143. The van der Waals surface area contributed by atoms with Crippen LogP contribution in [-0.4, -0.2) is 12.6 Å². The zero-order valence-corrected chi connectivity index (χ0v) is 10.3. The molecule has 0 heterocycles. The molecule has 86 valence electrons. The number of allylic oxidation sites excluding steroid dienone is 3. The van der Waals surface area contributed by atoms with Crippen molar-refractivity contribution in [3.8, 4) is 0 Å². The van der Waals surface area contributed by atoms with Gasteiger partial charge in [0.25, 0.3) is 0 Å². The van der Waals surface area contributed by atoms with Gasteiger partial charge in [0.1, 0.15) is 0 Å². The Bertz CT molecular complexity index is 249. The fourth-order valence-electron chi connectivity index (χ4n) is 0.983. The molecular weight excluding hydrogens is 188 g/mol. The van der Waals surface area contributed by atoms with E-state index in [4.69, 9.17) is 4.74 Å². The van der Waals surface area contributed by atoms with Crippen LogP contribution in [0.2, 0.25) is 0 Å². The van der Waals surface area contributed by atoms with Crippen LogP contribution in [0.5, 0.6) is 0 Å². The van der Waals surface area contributed by atoms with Crippen LogP contribution >= 0.6 is 0 Å². The number of carbonyl (C=O) groups is 1. The van der Waals surface area contributed by atoms with Gasteiger partial charge in [0.15, 0.2) is 0 Å². The molecule has 0 spiro atoms. The van der Waals surface area contributed by atoms with Crippen molar-refractivity contribution < 1.29 is 9.53 Å². The molecule has 0 aromatic heterocycles. The highest BCUT2D eigenvalue weighted by atomic mass is 16.5. The van der Waals surface area contributed by atoms with Crippen molar-refractivity contribution >= 4 is 5.97 Å². The smallest absolute Gasteiger partial charge is 0.305 e. The van der Waals surface area contributed by atoms with Crippen molar-refractivity contribution in [2.24, 2.45) is 0 Å². The molecule has 0 bridgehead atoms. The van der Waals surface area contributed by atoms with Gasteiger partial charge in [-0.3, -0.25) is 4.79 Å². The van der Waals surface area contributed by atoms with Gasteiger partial charge in [-0.25, -0.2) is 0 Å². The monoisotopic (exact) mass is 210 g/mol. The molecule has 0 aromatic carbocycles. The van der Waals surface area contributed by atoms with E-state index in [0.29, 0.717) is 13.0 Å². The second kappa shape index (κ2) is 8.27. The van der Waals surface area contributed by atoms with E-state index in [1.165, 1.54) is 11.1 Å². The molecule has 0 aliphatic carbocycles. The Hall–Kier alpha value is -1.05. The number of carbonyl (C=O) groups excluding carboxylic acids is 1. The summed E-state index contributed by atoms with van der Waals surface area (Å²) < 4.78 is 5.00. The molecule has 0 aliphatic heterocycles. The first-order chi connectivity index (χ1) is 7.10. The molecule has 0 N–H and O–H groups in total. The fraction of sp³-hybridized carbons (Fsp3) is 0.615. The summed E-state index contributed by atoms with van der Waals surface area (Å²) >= 11 is 0. The van der Waals surface area contributed by atoms with Crippen molar-refractivity contribution in [3.63, 3.8) is 0 Å². The molecule has 0 saturated carbocycles. The minimum atomic E-state index is -0.118. The van der Waals surface area contributed by atoms with Crippen LogP contribution < -0.4 is 0 Å². The second-order valence-electron chi connectivity index (χ2n) is 3.71. The molecule has 0 aliphatic rings. The Balaban J connectivity index is 3.73. The van der Waals surface area contributed by atoms with Gasteiger partial charge in [0, 0.05) is 12.8 Å². The van der Waals surface area contributed by atoms with E-state index < -0.39 is 0 Å². The summed E-state index contributed by atoms with van der Waals surface area (Å²) in [5.74, 6) is -0.118. The summed E-state index contributed by atoms with van der Waals surface area (Å²) in [5, 5.41) is 0. The summed E-state index contributed by atoms with van der Waals surface area (Å²) in [6.07, 6.45) is 6.59. The molecule has 0 rings (SSSR count). The molecule has 15 heavy (non-hydrogen) atoms. The number of hydrogen-bond donors (Lipinski definition) is 0. The Morgan fingerprint density at radius 3 is 2.47 bits per heavy atom. The first-order valence-electron chi connectivity index (χ1n) is 5.53. The average Bonchev–Trinajstić information content (AvgIpc) is 2.25. The van der Waals surface area contributed by atoms with E-state index in [2.05, 4.69) is 26.0 Å². The van der Waals surface area contributed by atoms with Crippen LogP contribution in [0, 0.1) is 0 Å². The summed E-state index contributed by atoms with van der Waals surface area (Å²) in [5.41, 5.74) is 2.64. The molecular formula is C13H22O2. The van der Waals surface area contributed by atoms with Crippen LogP contribution in [0.4, 0.5) is 0 Å². The summed E-state index contributed by atoms with van der Waals surface area (Å²) in [6, 6.07) is 0. The van der Waals surface area contributed by atoms with Gasteiger partial charge in [0.2, 0.25) is 0 Å². The third-order valence-electron chi connectivity index (χ3n) is 2.31. The predicted molar refractivity (Wildman–Crippen MR) is 63.7 cm³/mol. The SMILES string of the molecule is C/C=C(\C)C/C=C(\C)CCOC(=O)CC. The largest absolute Gasteiger partial charge is 0.465 e. The standard InChI is InChI=1S/C13H22O2/c1-5-11(3)7-8-12(4)9-10-15-13(14)6-2/h5,8H,6-7,9-10H2,1-4H3/b11-5+,12-8+. The normalized spacial score (nSPS) is 12.8. The third-order valence-corrected chi connectivity index (χ3v) is 2.31. The molecule has 0 saturated heterocycles. The maximum atomic E-state index is 10.9. The lowest BCUT2D eigenvalue weighted by Crippen LogP contribution is -2.03. The van der Waals surface area contributed by atoms with Crippen LogP contribution in [0.15, 0.2) is 23.3 Å². The van der Waals surface area contributed by atoms with Crippen molar-refractivity contribution in [3.05, 3.63) is 23.3 Å². The first kappa shape index (κ1) is 13.9. The second-order valence-corrected chi connectivity index (χ2v) is 3.71. The van der Waals surface area contributed by atoms with E-state index in [1.807, 2.05) is 6.92 Å². The molecule has 0 amide bonds. The highest BCUT2D eigenvalue weighted by molar-refractivity contribution is 5.68. The lowest BCUT2D eigenvalue weighted by Gasteiger charge is -2.03. The highest BCUT2D eigenvalue weighted by Crippen LogP contribution is 2.07. The summed E-state index contributed by atoms with van der Waals surface area (Å²) in [6.45, 7) is 8.54. The molecule has 2 heteroatoms. The van der Waals surface area contributed by atoms with Gasteiger partial charge in [-0.1, -0.05) is 30.2 Å². The number of hydrogen-bond acceptors (Lipinski definition) is 2.